The summed E-state index contributed by atoms with van der Waals surface area (Å²) in [6, 6.07) is 10.5. The quantitative estimate of drug-likeness (QED) is 0.456. The van der Waals surface area contributed by atoms with Gasteiger partial charge in [0.25, 0.3) is 0 Å². The van der Waals surface area contributed by atoms with Gasteiger partial charge in [-0.15, -0.1) is 0 Å². The van der Waals surface area contributed by atoms with Crippen LogP contribution in [0.2, 0.25) is 0 Å². The molecule has 0 unspecified atom stereocenters. The molecule has 0 spiro atoms. The van der Waals surface area contributed by atoms with E-state index in [-0.39, 0.29) is 0 Å². The molecule has 28 heavy (non-hydrogen) atoms. The first-order chi connectivity index (χ1) is 13.5. The number of rotatable bonds is 4. The summed E-state index contributed by atoms with van der Waals surface area (Å²) < 4.78 is 2.08. The number of nitrogens with zero attached hydrogens (tertiary/aromatic N) is 4. The number of halogens is 2. The fourth-order valence-corrected chi connectivity index (χ4v) is 4.75. The maximum absolute atomic E-state index is 4.76. The molecule has 0 saturated carbocycles. The Hall–Kier alpha value is -1.63. The second-order valence-electron chi connectivity index (χ2n) is 7.53. The number of fused-ring (bicyclic) bond motifs is 1. The van der Waals surface area contributed by atoms with E-state index in [1.807, 2.05) is 18.5 Å². The summed E-state index contributed by atoms with van der Waals surface area (Å²) >= 11 is 7.08. The van der Waals surface area contributed by atoms with Crippen molar-refractivity contribution in [1.29, 1.82) is 0 Å². The monoisotopic (exact) mass is 500 g/mol. The minimum absolute atomic E-state index is 0.374. The molecule has 0 aliphatic carbocycles. The van der Waals surface area contributed by atoms with Crippen LogP contribution < -0.4 is 0 Å². The van der Waals surface area contributed by atoms with Gasteiger partial charge in [0.05, 0.1) is 5.69 Å². The van der Waals surface area contributed by atoms with Gasteiger partial charge < -0.3 is 0 Å². The summed E-state index contributed by atoms with van der Waals surface area (Å²) in [5.41, 5.74) is 5.76. The summed E-state index contributed by atoms with van der Waals surface area (Å²) in [4.78, 5) is 16.4. The van der Waals surface area contributed by atoms with Crippen molar-refractivity contribution < 1.29 is 0 Å². The molecule has 0 radical (unpaired) electrons. The normalized spacial score (nSPS) is 14.3. The number of hydrogen-bond acceptors (Lipinski definition) is 4. The molecule has 6 heteroatoms. The Bertz CT molecular complexity index is 966. The van der Waals surface area contributed by atoms with Crippen LogP contribution in [-0.2, 0) is 19.5 Å². The van der Waals surface area contributed by atoms with Gasteiger partial charge in [-0.25, -0.2) is 9.97 Å². The molecule has 0 saturated heterocycles. The lowest BCUT2D eigenvalue weighted by Crippen LogP contribution is -2.31. The van der Waals surface area contributed by atoms with Crippen molar-refractivity contribution in [2.75, 3.05) is 6.54 Å². The molecule has 3 aromatic rings. The molecule has 1 aliphatic heterocycles. The van der Waals surface area contributed by atoms with Crippen LogP contribution >= 0.6 is 31.9 Å². The highest BCUT2D eigenvalue weighted by Crippen LogP contribution is 2.27. The first-order valence-corrected chi connectivity index (χ1v) is 11.0. The lowest BCUT2D eigenvalue weighted by Gasteiger charge is -2.28. The fraction of sp³-hybridized carbons (Fsp3) is 0.318. The third-order valence-electron chi connectivity index (χ3n) is 4.94. The third kappa shape index (κ3) is 4.50. The predicted molar refractivity (Wildman–Crippen MR) is 119 cm³/mol. The number of benzene rings is 1. The van der Waals surface area contributed by atoms with Crippen LogP contribution in [-0.4, -0.2) is 26.4 Å². The maximum atomic E-state index is 4.76. The molecular formula is C22H22Br2N4. The average Bonchev–Trinajstić information content (AvgIpc) is 2.67. The van der Waals surface area contributed by atoms with Crippen LogP contribution in [0.15, 0.2) is 51.7 Å². The highest BCUT2D eigenvalue weighted by atomic mass is 79.9. The molecule has 3 heterocycles. The Balaban J connectivity index is 1.45. The standard InChI is InChI=1S/C22H22Br2N4/c1-14(2)22-26-11-17-13-28(6-5-21(17)27-22)12-15-3-4-20(25-10-15)16-7-18(23)9-19(24)8-16/h3-4,7-11,14H,5-6,12-13H2,1-2H3. The Morgan fingerprint density at radius 2 is 1.82 bits per heavy atom. The summed E-state index contributed by atoms with van der Waals surface area (Å²) in [5.74, 6) is 1.32. The minimum atomic E-state index is 0.374. The molecule has 1 aliphatic rings. The van der Waals surface area contributed by atoms with Crippen molar-refractivity contribution in [3.05, 3.63) is 74.3 Å². The Morgan fingerprint density at radius 3 is 2.50 bits per heavy atom. The Kier molecular flexibility index (Phi) is 5.90. The number of aromatic nitrogens is 3. The van der Waals surface area contributed by atoms with Crippen LogP contribution in [0.5, 0.6) is 0 Å². The van der Waals surface area contributed by atoms with Gasteiger partial charge in [-0.1, -0.05) is 51.8 Å². The molecule has 0 bridgehead atoms. The van der Waals surface area contributed by atoms with E-state index in [2.05, 4.69) is 84.8 Å². The SMILES string of the molecule is CC(C)c1ncc2c(n1)CCN(Cc1ccc(-c3cc(Br)cc(Br)c3)nc1)C2. The molecule has 0 N–H and O–H groups in total. The summed E-state index contributed by atoms with van der Waals surface area (Å²) in [6.45, 7) is 7.08. The third-order valence-corrected chi connectivity index (χ3v) is 5.85. The molecule has 2 aromatic heterocycles. The highest BCUT2D eigenvalue weighted by Gasteiger charge is 2.19. The maximum Gasteiger partial charge on any atom is 0.131 e. The van der Waals surface area contributed by atoms with Crippen LogP contribution in [0, 0.1) is 0 Å². The lowest BCUT2D eigenvalue weighted by atomic mass is 10.1. The van der Waals surface area contributed by atoms with Crippen molar-refractivity contribution in [3.63, 3.8) is 0 Å². The van der Waals surface area contributed by atoms with Gasteiger partial charge in [-0.3, -0.25) is 9.88 Å². The molecule has 4 rings (SSSR count). The Labute approximate surface area is 182 Å². The van der Waals surface area contributed by atoms with E-state index in [0.29, 0.717) is 5.92 Å². The van der Waals surface area contributed by atoms with E-state index in [4.69, 9.17) is 4.98 Å². The van der Waals surface area contributed by atoms with Gasteiger partial charge in [-0.2, -0.15) is 0 Å². The smallest absolute Gasteiger partial charge is 0.131 e. The number of hydrogen-bond donors (Lipinski definition) is 0. The zero-order valence-corrected chi connectivity index (χ0v) is 19.2. The van der Waals surface area contributed by atoms with E-state index < -0.39 is 0 Å². The zero-order valence-electron chi connectivity index (χ0n) is 16.0. The Morgan fingerprint density at radius 1 is 1.04 bits per heavy atom. The first kappa shape index (κ1) is 19.7. The second kappa shape index (κ2) is 8.39. The molecule has 144 valence electrons. The van der Waals surface area contributed by atoms with E-state index in [9.17, 15) is 0 Å². The highest BCUT2D eigenvalue weighted by molar-refractivity contribution is 9.11. The van der Waals surface area contributed by atoms with E-state index in [1.165, 1.54) is 16.8 Å². The molecule has 4 nitrogen and oxygen atoms in total. The van der Waals surface area contributed by atoms with Gasteiger partial charge in [0, 0.05) is 70.1 Å². The van der Waals surface area contributed by atoms with Gasteiger partial charge in [0.1, 0.15) is 5.82 Å². The fourth-order valence-electron chi connectivity index (χ4n) is 3.45. The van der Waals surface area contributed by atoms with Gasteiger partial charge in [0.2, 0.25) is 0 Å². The van der Waals surface area contributed by atoms with Crippen LogP contribution in [0.3, 0.4) is 0 Å². The predicted octanol–water partition coefficient (Wildman–Crippen LogP) is 5.75. The van der Waals surface area contributed by atoms with Gasteiger partial charge in [0.15, 0.2) is 0 Å². The van der Waals surface area contributed by atoms with Crippen molar-refractivity contribution in [2.45, 2.75) is 39.3 Å². The van der Waals surface area contributed by atoms with E-state index in [1.54, 1.807) is 0 Å². The van der Waals surface area contributed by atoms with Crippen LogP contribution in [0.25, 0.3) is 11.3 Å². The minimum Gasteiger partial charge on any atom is -0.294 e. The first-order valence-electron chi connectivity index (χ1n) is 9.46. The summed E-state index contributed by atoms with van der Waals surface area (Å²) in [5, 5.41) is 0. The van der Waals surface area contributed by atoms with Gasteiger partial charge in [-0.05, 0) is 29.8 Å². The molecule has 1 aromatic carbocycles. The van der Waals surface area contributed by atoms with Gasteiger partial charge >= 0.3 is 0 Å². The topological polar surface area (TPSA) is 41.9 Å². The van der Waals surface area contributed by atoms with E-state index in [0.717, 1.165) is 52.1 Å². The molecule has 0 amide bonds. The van der Waals surface area contributed by atoms with Crippen molar-refractivity contribution >= 4 is 31.9 Å². The van der Waals surface area contributed by atoms with E-state index >= 15 is 0 Å². The summed E-state index contributed by atoms with van der Waals surface area (Å²) in [6.07, 6.45) is 4.98. The second-order valence-corrected chi connectivity index (χ2v) is 9.36. The lowest BCUT2D eigenvalue weighted by molar-refractivity contribution is 0.242. The average molecular weight is 502 g/mol. The van der Waals surface area contributed by atoms with Crippen molar-refractivity contribution in [1.82, 2.24) is 19.9 Å². The van der Waals surface area contributed by atoms with Crippen molar-refractivity contribution in [2.24, 2.45) is 0 Å². The molecule has 0 atom stereocenters. The zero-order chi connectivity index (χ0) is 19.7. The van der Waals surface area contributed by atoms with Crippen molar-refractivity contribution in [3.8, 4) is 11.3 Å². The number of pyridine rings is 1. The molecule has 0 fully saturated rings. The summed E-state index contributed by atoms with van der Waals surface area (Å²) in [7, 11) is 0. The van der Waals surface area contributed by atoms with Crippen LogP contribution in [0.1, 0.15) is 42.4 Å². The van der Waals surface area contributed by atoms with Crippen LogP contribution in [0.4, 0.5) is 0 Å². The largest absolute Gasteiger partial charge is 0.294 e. The molecular weight excluding hydrogens is 480 g/mol.